The summed E-state index contributed by atoms with van der Waals surface area (Å²) in [6, 6.07) is 14.8. The van der Waals surface area contributed by atoms with Gasteiger partial charge in [0.25, 0.3) is 0 Å². The Morgan fingerprint density at radius 2 is 1.81 bits per heavy atom. The van der Waals surface area contributed by atoms with Gasteiger partial charge >= 0.3 is 6.09 Å². The first-order chi connectivity index (χ1) is 14.8. The number of hydrogen-bond donors (Lipinski definition) is 1. The summed E-state index contributed by atoms with van der Waals surface area (Å²) in [6.07, 6.45) is -1.44. The zero-order valence-electron chi connectivity index (χ0n) is 16.1. The van der Waals surface area contributed by atoms with E-state index in [0.29, 0.717) is 31.9 Å². The molecule has 0 bridgehead atoms. The van der Waals surface area contributed by atoms with Gasteiger partial charge in [-0.05, 0) is 43.3 Å². The third kappa shape index (κ3) is 4.58. The molecule has 1 unspecified atom stereocenters. The van der Waals surface area contributed by atoms with Crippen molar-refractivity contribution < 1.29 is 18.7 Å². The van der Waals surface area contributed by atoms with E-state index in [-0.39, 0.29) is 5.75 Å². The van der Waals surface area contributed by atoms with Crippen molar-refractivity contribution in [3.8, 4) is 22.1 Å². The Morgan fingerprint density at radius 3 is 2.45 bits per heavy atom. The van der Waals surface area contributed by atoms with Crippen LogP contribution in [0.15, 0.2) is 54.6 Å². The lowest BCUT2D eigenvalue weighted by Crippen LogP contribution is -2.16. The average molecular weight is 477 g/mol. The van der Waals surface area contributed by atoms with E-state index in [9.17, 15) is 9.18 Å². The molecule has 0 aliphatic rings. The lowest BCUT2D eigenvalue weighted by atomic mass is 10.1. The number of carbonyl (C=O) groups is 1. The highest BCUT2D eigenvalue weighted by atomic mass is 35.5. The number of carbonyl (C=O) groups excluding carboxylic acids is 1. The molecule has 1 atom stereocenters. The van der Waals surface area contributed by atoms with Crippen LogP contribution in [0.2, 0.25) is 10.0 Å². The van der Waals surface area contributed by atoms with E-state index in [0.717, 1.165) is 10.3 Å². The van der Waals surface area contributed by atoms with Crippen LogP contribution < -0.4 is 15.2 Å². The molecule has 2 N–H and O–H groups in total. The zero-order chi connectivity index (χ0) is 22.1. The third-order valence-electron chi connectivity index (χ3n) is 4.47. The molecule has 1 heterocycles. The Morgan fingerprint density at radius 1 is 1.13 bits per heavy atom. The highest BCUT2D eigenvalue weighted by molar-refractivity contribution is 7.21. The molecule has 158 valence electrons. The molecule has 9 heteroatoms. The van der Waals surface area contributed by atoms with E-state index in [2.05, 4.69) is 4.98 Å². The summed E-state index contributed by atoms with van der Waals surface area (Å²) in [5.74, 6) is -0.132. The van der Waals surface area contributed by atoms with E-state index in [4.69, 9.17) is 38.4 Å². The first kappa shape index (κ1) is 21.4. The number of hydrogen-bond acceptors (Lipinski definition) is 5. The summed E-state index contributed by atoms with van der Waals surface area (Å²) in [6.45, 7) is 1.75. The minimum atomic E-state index is -0.886. The van der Waals surface area contributed by atoms with Crippen molar-refractivity contribution in [1.29, 1.82) is 0 Å². The molecular formula is C22H15Cl2FN2O3S. The molecule has 1 amide bonds. The highest BCUT2D eigenvalue weighted by Crippen LogP contribution is 2.37. The predicted octanol–water partition coefficient (Wildman–Crippen LogP) is 7.01. The van der Waals surface area contributed by atoms with Gasteiger partial charge in [-0.1, -0.05) is 29.3 Å². The quantitative estimate of drug-likeness (QED) is 0.336. The van der Waals surface area contributed by atoms with Crippen LogP contribution in [-0.2, 0) is 0 Å². The second-order valence-electron chi connectivity index (χ2n) is 6.61. The van der Waals surface area contributed by atoms with Gasteiger partial charge in [0, 0.05) is 33.3 Å². The molecule has 0 fully saturated rings. The first-order valence-corrected chi connectivity index (χ1v) is 10.7. The number of benzene rings is 3. The predicted molar refractivity (Wildman–Crippen MR) is 121 cm³/mol. The molecule has 5 nitrogen and oxygen atoms in total. The van der Waals surface area contributed by atoms with E-state index < -0.39 is 18.0 Å². The van der Waals surface area contributed by atoms with E-state index in [1.165, 1.54) is 17.4 Å². The second kappa shape index (κ2) is 8.70. The average Bonchev–Trinajstić information content (AvgIpc) is 3.11. The van der Waals surface area contributed by atoms with Gasteiger partial charge in [0.1, 0.15) is 16.9 Å². The Labute approximate surface area is 191 Å². The van der Waals surface area contributed by atoms with Crippen LogP contribution in [0, 0.1) is 5.82 Å². The van der Waals surface area contributed by atoms with Gasteiger partial charge in [-0.2, -0.15) is 0 Å². The van der Waals surface area contributed by atoms with Crippen LogP contribution in [0.3, 0.4) is 0 Å². The summed E-state index contributed by atoms with van der Waals surface area (Å²) in [5, 5.41) is 1.58. The molecule has 31 heavy (non-hydrogen) atoms. The van der Waals surface area contributed by atoms with Crippen molar-refractivity contribution in [2.24, 2.45) is 5.73 Å². The fourth-order valence-corrected chi connectivity index (χ4v) is 4.76. The normalized spacial score (nSPS) is 12.0. The summed E-state index contributed by atoms with van der Waals surface area (Å²) < 4.78 is 26.1. The minimum Gasteiger partial charge on any atom is -0.483 e. The maximum atomic E-state index is 14.7. The fraction of sp³-hybridized carbons (Fsp3) is 0.0909. The Hall–Kier alpha value is -2.87. The van der Waals surface area contributed by atoms with Crippen molar-refractivity contribution in [3.63, 3.8) is 0 Å². The van der Waals surface area contributed by atoms with E-state index in [1.54, 1.807) is 55.5 Å². The molecule has 0 aliphatic heterocycles. The first-order valence-electron chi connectivity index (χ1n) is 9.10. The molecule has 0 aliphatic carbocycles. The van der Waals surface area contributed by atoms with Crippen molar-refractivity contribution in [1.82, 2.24) is 4.98 Å². The van der Waals surface area contributed by atoms with Gasteiger partial charge in [-0.3, -0.25) is 0 Å². The van der Waals surface area contributed by atoms with Crippen molar-refractivity contribution >= 4 is 50.8 Å². The number of nitrogens with zero attached hydrogens (tertiary/aromatic N) is 1. The lowest BCUT2D eigenvalue weighted by Gasteiger charge is -2.18. The Kier molecular flexibility index (Phi) is 6.00. The molecule has 0 saturated heterocycles. The highest BCUT2D eigenvalue weighted by Gasteiger charge is 2.18. The fourth-order valence-electron chi connectivity index (χ4n) is 3.07. The van der Waals surface area contributed by atoms with Gasteiger partial charge in [0.05, 0.1) is 10.2 Å². The van der Waals surface area contributed by atoms with Crippen molar-refractivity contribution in [2.75, 3.05) is 0 Å². The van der Waals surface area contributed by atoms with Crippen molar-refractivity contribution in [3.05, 3.63) is 76.0 Å². The van der Waals surface area contributed by atoms with Gasteiger partial charge in [-0.15, -0.1) is 11.3 Å². The maximum absolute atomic E-state index is 14.7. The van der Waals surface area contributed by atoms with Gasteiger partial charge in [-0.25, -0.2) is 14.2 Å². The molecule has 4 rings (SSSR count). The number of fused-ring (bicyclic) bond motifs is 1. The Balaban J connectivity index is 1.62. The molecule has 1 aromatic heterocycles. The molecule has 4 aromatic rings. The zero-order valence-corrected chi connectivity index (χ0v) is 18.4. The molecule has 0 saturated carbocycles. The summed E-state index contributed by atoms with van der Waals surface area (Å²) >= 11 is 13.8. The van der Waals surface area contributed by atoms with Crippen LogP contribution in [-0.4, -0.2) is 11.1 Å². The number of nitrogens with two attached hydrogens (primary N) is 1. The number of amides is 1. The van der Waals surface area contributed by atoms with Gasteiger partial charge in [0.15, 0.2) is 11.6 Å². The van der Waals surface area contributed by atoms with Crippen LogP contribution in [0.1, 0.15) is 18.6 Å². The minimum absolute atomic E-state index is 0.0800. The summed E-state index contributed by atoms with van der Waals surface area (Å²) in [5.41, 5.74) is 6.89. The summed E-state index contributed by atoms with van der Waals surface area (Å²) in [4.78, 5) is 15.3. The van der Waals surface area contributed by atoms with Crippen LogP contribution in [0.5, 0.6) is 11.5 Å². The maximum Gasteiger partial charge on any atom is 0.409 e. The standard InChI is InChI=1S/C22H15Cl2FN2O3S/c1-11(20-14(23)3-2-4-15(20)24)29-18-10-19-17(9-16(18)25)27-21(31-19)12-5-7-13(8-6-12)30-22(26)28/h2-11H,1H3,(H2,26,28). The van der Waals surface area contributed by atoms with Crippen molar-refractivity contribution in [2.45, 2.75) is 13.0 Å². The van der Waals surface area contributed by atoms with Crippen LogP contribution in [0.4, 0.5) is 9.18 Å². The monoisotopic (exact) mass is 476 g/mol. The smallest absolute Gasteiger partial charge is 0.409 e. The van der Waals surface area contributed by atoms with Crippen LogP contribution in [0.25, 0.3) is 20.8 Å². The van der Waals surface area contributed by atoms with E-state index >= 15 is 0 Å². The SMILES string of the molecule is CC(Oc1cc2sc(-c3ccc(OC(N)=O)cc3)nc2cc1F)c1c(Cl)cccc1Cl. The van der Waals surface area contributed by atoms with Gasteiger partial charge < -0.3 is 15.2 Å². The number of rotatable bonds is 5. The lowest BCUT2D eigenvalue weighted by molar-refractivity contribution is 0.211. The third-order valence-corrected chi connectivity index (χ3v) is 6.20. The second-order valence-corrected chi connectivity index (χ2v) is 8.46. The number of halogens is 3. The topological polar surface area (TPSA) is 74.4 Å². The van der Waals surface area contributed by atoms with Crippen LogP contribution >= 0.6 is 34.5 Å². The Bertz CT molecular complexity index is 1260. The summed E-state index contributed by atoms with van der Waals surface area (Å²) in [7, 11) is 0. The van der Waals surface area contributed by atoms with E-state index in [1.807, 2.05) is 0 Å². The molecule has 0 radical (unpaired) electrons. The largest absolute Gasteiger partial charge is 0.483 e. The number of thiazole rings is 1. The molecular weight excluding hydrogens is 462 g/mol. The number of primary amides is 1. The van der Waals surface area contributed by atoms with Gasteiger partial charge in [0.2, 0.25) is 0 Å². The molecule has 3 aromatic carbocycles. The number of aromatic nitrogens is 1. The molecule has 0 spiro atoms. The number of ether oxygens (including phenoxy) is 2.